The van der Waals surface area contributed by atoms with Crippen molar-refractivity contribution < 1.29 is 14.6 Å². The van der Waals surface area contributed by atoms with Crippen LogP contribution in [-0.4, -0.2) is 30.0 Å². The van der Waals surface area contributed by atoms with Crippen molar-refractivity contribution in [2.24, 2.45) is 5.41 Å². The van der Waals surface area contributed by atoms with Gasteiger partial charge in [0, 0.05) is 12.0 Å². The van der Waals surface area contributed by atoms with E-state index < -0.39 is 11.7 Å². The van der Waals surface area contributed by atoms with Crippen LogP contribution in [0.25, 0.3) is 0 Å². The van der Waals surface area contributed by atoms with Crippen LogP contribution < -0.4 is 5.32 Å². The van der Waals surface area contributed by atoms with Crippen molar-refractivity contribution >= 4 is 6.09 Å². The van der Waals surface area contributed by atoms with E-state index >= 15 is 0 Å². The summed E-state index contributed by atoms with van der Waals surface area (Å²) in [5.41, 5.74) is 0.476. The van der Waals surface area contributed by atoms with Gasteiger partial charge in [-0.2, -0.15) is 0 Å². The second-order valence-corrected chi connectivity index (χ2v) is 6.54. The quantitative estimate of drug-likeness (QED) is 0.889. The average molecular weight is 277 g/mol. The molecule has 110 valence electrons. The Morgan fingerprint density at radius 2 is 2.05 bits per heavy atom. The van der Waals surface area contributed by atoms with E-state index in [9.17, 15) is 9.90 Å². The maximum absolute atomic E-state index is 11.7. The Kier molecular flexibility index (Phi) is 4.04. The Labute approximate surface area is 120 Å². The van der Waals surface area contributed by atoms with Crippen LogP contribution in [0.15, 0.2) is 30.3 Å². The van der Waals surface area contributed by atoms with Gasteiger partial charge in [-0.3, -0.25) is 0 Å². The first-order chi connectivity index (χ1) is 9.36. The van der Waals surface area contributed by atoms with Gasteiger partial charge in [-0.25, -0.2) is 4.79 Å². The van der Waals surface area contributed by atoms with Crippen LogP contribution in [0.4, 0.5) is 4.79 Å². The fraction of sp³-hybridized carbons (Fsp3) is 0.562. The van der Waals surface area contributed by atoms with E-state index in [0.29, 0.717) is 12.5 Å². The average Bonchev–Trinajstić information content (AvgIpc) is 3.11. The second-order valence-electron chi connectivity index (χ2n) is 6.54. The molecule has 2 atom stereocenters. The zero-order valence-electron chi connectivity index (χ0n) is 12.3. The minimum atomic E-state index is -0.501. The first kappa shape index (κ1) is 14.9. The third-order valence-electron chi connectivity index (χ3n) is 3.69. The highest BCUT2D eigenvalue weighted by atomic mass is 16.6. The number of aliphatic hydroxyl groups excluding tert-OH is 1. The third-order valence-corrected chi connectivity index (χ3v) is 3.69. The second kappa shape index (κ2) is 5.44. The van der Waals surface area contributed by atoms with Gasteiger partial charge in [-0.05, 0) is 38.7 Å². The number of carbonyl (C=O) groups excluding carboxylic acids is 1. The van der Waals surface area contributed by atoms with Gasteiger partial charge >= 0.3 is 6.09 Å². The van der Waals surface area contributed by atoms with E-state index in [0.717, 1.165) is 6.42 Å². The van der Waals surface area contributed by atoms with Gasteiger partial charge in [0.15, 0.2) is 0 Å². The molecule has 0 aliphatic heterocycles. The first-order valence-electron chi connectivity index (χ1n) is 6.99. The summed E-state index contributed by atoms with van der Waals surface area (Å²) in [5.74, 6) is 0.309. The summed E-state index contributed by atoms with van der Waals surface area (Å²) < 4.78 is 5.21. The summed E-state index contributed by atoms with van der Waals surface area (Å²) in [6.07, 6.45) is 0.465. The van der Waals surface area contributed by atoms with Crippen molar-refractivity contribution in [2.75, 3.05) is 13.2 Å². The molecule has 0 heterocycles. The summed E-state index contributed by atoms with van der Waals surface area (Å²) in [6.45, 7) is 6.01. The molecule has 1 amide bonds. The number of aliphatic hydroxyl groups is 1. The van der Waals surface area contributed by atoms with Crippen molar-refractivity contribution in [2.45, 2.75) is 38.7 Å². The smallest absolute Gasteiger partial charge is 0.407 e. The summed E-state index contributed by atoms with van der Waals surface area (Å²) in [5, 5.41) is 12.4. The van der Waals surface area contributed by atoms with E-state index in [1.165, 1.54) is 5.56 Å². The predicted octanol–water partition coefficient (Wildman–Crippen LogP) is 2.68. The molecule has 20 heavy (non-hydrogen) atoms. The number of hydrogen-bond donors (Lipinski definition) is 2. The molecule has 0 radical (unpaired) electrons. The Bertz CT molecular complexity index is 466. The molecule has 4 nitrogen and oxygen atoms in total. The molecule has 0 bridgehead atoms. The lowest BCUT2D eigenvalue weighted by Crippen LogP contribution is -2.37. The van der Waals surface area contributed by atoms with E-state index in [2.05, 4.69) is 17.4 Å². The fourth-order valence-corrected chi connectivity index (χ4v) is 2.49. The van der Waals surface area contributed by atoms with Gasteiger partial charge in [0.05, 0.1) is 6.61 Å². The lowest BCUT2D eigenvalue weighted by molar-refractivity contribution is 0.0506. The monoisotopic (exact) mass is 277 g/mol. The van der Waals surface area contributed by atoms with Gasteiger partial charge in [0.25, 0.3) is 0 Å². The Hall–Kier alpha value is -1.55. The molecule has 1 saturated carbocycles. The Morgan fingerprint density at radius 1 is 1.40 bits per heavy atom. The van der Waals surface area contributed by atoms with E-state index in [1.54, 1.807) is 0 Å². The predicted molar refractivity (Wildman–Crippen MR) is 77.6 cm³/mol. The minimum Gasteiger partial charge on any atom is -0.444 e. The molecule has 0 spiro atoms. The van der Waals surface area contributed by atoms with Crippen LogP contribution in [0, 0.1) is 5.41 Å². The molecule has 1 aromatic carbocycles. The van der Waals surface area contributed by atoms with Gasteiger partial charge in [0.2, 0.25) is 0 Å². The van der Waals surface area contributed by atoms with Gasteiger partial charge in [-0.15, -0.1) is 0 Å². The normalized spacial score (nSPS) is 25.1. The van der Waals surface area contributed by atoms with E-state index in [4.69, 9.17) is 4.74 Å². The largest absolute Gasteiger partial charge is 0.444 e. The maximum atomic E-state index is 11.7. The number of alkyl carbamates (subject to hydrolysis) is 1. The zero-order chi connectivity index (χ0) is 14.8. The SMILES string of the molecule is CC(C)(C)OC(=O)NCC1(CO)CC1c1ccccc1. The molecule has 2 rings (SSSR count). The number of carbonyl (C=O) groups is 1. The van der Waals surface area contributed by atoms with Crippen LogP contribution in [0.2, 0.25) is 0 Å². The highest BCUT2D eigenvalue weighted by Gasteiger charge is 2.54. The number of amides is 1. The summed E-state index contributed by atoms with van der Waals surface area (Å²) >= 11 is 0. The van der Waals surface area contributed by atoms with Crippen molar-refractivity contribution in [3.63, 3.8) is 0 Å². The van der Waals surface area contributed by atoms with Crippen LogP contribution in [-0.2, 0) is 4.74 Å². The van der Waals surface area contributed by atoms with Crippen molar-refractivity contribution in [3.05, 3.63) is 35.9 Å². The lowest BCUT2D eigenvalue weighted by Gasteiger charge is -2.21. The minimum absolute atomic E-state index is 0.0718. The number of rotatable bonds is 4. The van der Waals surface area contributed by atoms with Crippen LogP contribution >= 0.6 is 0 Å². The molecule has 2 unspecified atom stereocenters. The highest BCUT2D eigenvalue weighted by molar-refractivity contribution is 5.67. The molecular weight excluding hydrogens is 254 g/mol. The van der Waals surface area contributed by atoms with Crippen LogP contribution in [0.5, 0.6) is 0 Å². The van der Waals surface area contributed by atoms with Gasteiger partial charge in [-0.1, -0.05) is 30.3 Å². The van der Waals surface area contributed by atoms with Crippen molar-refractivity contribution in [3.8, 4) is 0 Å². The molecule has 1 aliphatic carbocycles. The molecule has 2 N–H and O–H groups in total. The summed E-state index contributed by atoms with van der Waals surface area (Å²) in [7, 11) is 0. The molecule has 1 aliphatic rings. The molecule has 0 saturated heterocycles. The third kappa shape index (κ3) is 3.51. The first-order valence-corrected chi connectivity index (χ1v) is 6.99. The number of benzene rings is 1. The van der Waals surface area contributed by atoms with Gasteiger partial charge < -0.3 is 15.2 Å². The maximum Gasteiger partial charge on any atom is 0.407 e. The van der Waals surface area contributed by atoms with Crippen molar-refractivity contribution in [1.29, 1.82) is 0 Å². The molecule has 4 heteroatoms. The topological polar surface area (TPSA) is 58.6 Å². The molecular formula is C16H23NO3. The Morgan fingerprint density at radius 3 is 2.60 bits per heavy atom. The highest BCUT2D eigenvalue weighted by Crippen LogP contribution is 2.58. The van der Waals surface area contributed by atoms with Crippen LogP contribution in [0.1, 0.15) is 38.7 Å². The standard InChI is InChI=1S/C16H23NO3/c1-15(2,3)20-14(19)17-10-16(11-18)9-13(16)12-7-5-4-6-8-12/h4-8,13,18H,9-11H2,1-3H3,(H,17,19). The number of ether oxygens (including phenoxy) is 1. The van der Waals surface area contributed by atoms with E-state index in [-0.39, 0.29) is 12.0 Å². The molecule has 1 fully saturated rings. The number of hydrogen-bond acceptors (Lipinski definition) is 3. The lowest BCUT2D eigenvalue weighted by atomic mass is 10.00. The summed E-state index contributed by atoms with van der Waals surface area (Å²) in [6, 6.07) is 10.1. The van der Waals surface area contributed by atoms with Gasteiger partial charge in [0.1, 0.15) is 5.60 Å². The summed E-state index contributed by atoms with van der Waals surface area (Å²) in [4.78, 5) is 11.7. The van der Waals surface area contributed by atoms with E-state index in [1.807, 2.05) is 39.0 Å². The number of nitrogens with one attached hydrogen (secondary N) is 1. The van der Waals surface area contributed by atoms with Crippen molar-refractivity contribution in [1.82, 2.24) is 5.32 Å². The van der Waals surface area contributed by atoms with Crippen LogP contribution in [0.3, 0.4) is 0 Å². The molecule has 1 aromatic rings. The molecule has 0 aromatic heterocycles. The Balaban J connectivity index is 1.90. The fourth-order valence-electron chi connectivity index (χ4n) is 2.49. The zero-order valence-corrected chi connectivity index (χ0v) is 12.3.